The minimum absolute atomic E-state index is 0.0312. The Morgan fingerprint density at radius 1 is 1.38 bits per heavy atom. The van der Waals surface area contributed by atoms with Gasteiger partial charge in [0, 0.05) is 18.2 Å². The van der Waals surface area contributed by atoms with Gasteiger partial charge in [-0.25, -0.2) is 13.9 Å². The molecule has 12 heteroatoms. The number of aryl methyl sites for hydroxylation is 1. The van der Waals surface area contributed by atoms with E-state index >= 15 is 0 Å². The molecule has 3 aromatic rings. The Morgan fingerprint density at radius 2 is 2.10 bits per heavy atom. The topological polar surface area (TPSA) is 73.6 Å². The van der Waals surface area contributed by atoms with Gasteiger partial charge >= 0.3 is 12.6 Å². The highest BCUT2D eigenvalue weighted by atomic mass is 35.5. The number of thiophene rings is 1. The molecular formula is C17H11Cl2F3N2O4S. The number of aromatic nitrogens is 2. The third kappa shape index (κ3) is 4.44. The predicted octanol–water partition coefficient (Wildman–Crippen LogP) is 5.47. The summed E-state index contributed by atoms with van der Waals surface area (Å²) in [6.07, 6.45) is 0. The summed E-state index contributed by atoms with van der Waals surface area (Å²) in [4.78, 5) is 11.3. The lowest BCUT2D eigenvalue weighted by Crippen LogP contribution is -2.06. The number of rotatable bonds is 7. The van der Waals surface area contributed by atoms with Crippen molar-refractivity contribution in [3.63, 3.8) is 0 Å². The molecular weight excluding hydrogens is 456 g/mol. The number of carboxylic acids is 1. The zero-order valence-electron chi connectivity index (χ0n) is 14.5. The Bertz CT molecular complexity index is 1070. The van der Waals surface area contributed by atoms with Crippen molar-refractivity contribution in [3.8, 4) is 22.9 Å². The molecule has 154 valence electrons. The second-order valence-electron chi connectivity index (χ2n) is 5.60. The van der Waals surface area contributed by atoms with E-state index in [9.17, 15) is 18.0 Å². The lowest BCUT2D eigenvalue weighted by Gasteiger charge is -2.10. The Labute approximate surface area is 176 Å². The van der Waals surface area contributed by atoms with E-state index in [-0.39, 0.29) is 38.5 Å². The van der Waals surface area contributed by atoms with Gasteiger partial charge in [0.1, 0.15) is 33.8 Å². The van der Waals surface area contributed by atoms with E-state index in [2.05, 4.69) is 9.84 Å². The summed E-state index contributed by atoms with van der Waals surface area (Å²) in [7, 11) is 1.31. The van der Waals surface area contributed by atoms with Gasteiger partial charge in [-0.15, -0.1) is 11.3 Å². The first-order chi connectivity index (χ1) is 13.7. The van der Waals surface area contributed by atoms with E-state index in [0.717, 1.165) is 22.1 Å². The normalized spacial score (nSPS) is 11.1. The van der Waals surface area contributed by atoms with Crippen molar-refractivity contribution >= 4 is 40.5 Å². The second kappa shape index (κ2) is 8.52. The molecule has 0 saturated heterocycles. The first-order valence-corrected chi connectivity index (χ1v) is 9.41. The number of nitrogens with zero attached hydrogens (tertiary/aromatic N) is 2. The predicted molar refractivity (Wildman–Crippen MR) is 101 cm³/mol. The average molecular weight is 467 g/mol. The minimum atomic E-state index is -3.14. The maximum Gasteiger partial charge on any atom is 0.388 e. The number of carbonyl (C=O) groups is 1. The monoisotopic (exact) mass is 466 g/mol. The van der Waals surface area contributed by atoms with Crippen LogP contribution in [0.15, 0.2) is 23.6 Å². The summed E-state index contributed by atoms with van der Waals surface area (Å²) in [5, 5.41) is 14.3. The molecule has 0 bridgehead atoms. The van der Waals surface area contributed by atoms with Crippen molar-refractivity contribution in [2.24, 2.45) is 7.05 Å². The molecule has 0 spiro atoms. The van der Waals surface area contributed by atoms with Crippen molar-refractivity contribution in [2.75, 3.05) is 0 Å². The van der Waals surface area contributed by atoms with Crippen LogP contribution in [0.5, 0.6) is 11.6 Å². The first-order valence-electron chi connectivity index (χ1n) is 7.78. The Hall–Kier alpha value is -2.43. The lowest BCUT2D eigenvalue weighted by molar-refractivity contribution is -0.0552. The van der Waals surface area contributed by atoms with Crippen molar-refractivity contribution < 1.29 is 32.5 Å². The van der Waals surface area contributed by atoms with Gasteiger partial charge in [-0.05, 0) is 23.6 Å². The van der Waals surface area contributed by atoms with Crippen LogP contribution in [0.3, 0.4) is 0 Å². The highest BCUT2D eigenvalue weighted by Crippen LogP contribution is 2.40. The van der Waals surface area contributed by atoms with Crippen molar-refractivity contribution in [2.45, 2.75) is 13.2 Å². The molecule has 0 radical (unpaired) electrons. The zero-order valence-corrected chi connectivity index (χ0v) is 16.8. The van der Waals surface area contributed by atoms with E-state index in [1.165, 1.54) is 13.1 Å². The summed E-state index contributed by atoms with van der Waals surface area (Å²) < 4.78 is 50.3. The first kappa shape index (κ1) is 21.3. The van der Waals surface area contributed by atoms with Crippen LogP contribution in [0, 0.1) is 5.82 Å². The third-order valence-corrected chi connectivity index (χ3v) is 5.32. The number of carboxylic acid groups (broad SMARTS) is 1. The summed E-state index contributed by atoms with van der Waals surface area (Å²) in [5.41, 5.74) is 0.108. The molecule has 6 nitrogen and oxygen atoms in total. The van der Waals surface area contributed by atoms with Gasteiger partial charge in [-0.1, -0.05) is 23.2 Å². The standard InChI is InChI=1S/C17H11Cl2F3N2O4S/c1-24-15(28-17(21)22)12(19)13(23-24)8-4-11(9(18)5-10(8)20)27-6-7-2-3-29-14(7)16(25)26/h2-5,17H,6H2,1H3,(H,25,26). The fourth-order valence-corrected chi connectivity index (χ4v) is 3.74. The van der Waals surface area contributed by atoms with E-state index in [0.29, 0.717) is 5.56 Å². The largest absolute Gasteiger partial charge is 0.487 e. The van der Waals surface area contributed by atoms with Gasteiger partial charge in [0.05, 0.1) is 5.02 Å². The van der Waals surface area contributed by atoms with Gasteiger partial charge in [0.25, 0.3) is 0 Å². The van der Waals surface area contributed by atoms with Crippen LogP contribution in [0.2, 0.25) is 10.0 Å². The number of ether oxygens (including phenoxy) is 2. The summed E-state index contributed by atoms with van der Waals surface area (Å²) in [6.45, 7) is -3.27. The Kier molecular flexibility index (Phi) is 6.25. The molecule has 2 heterocycles. The van der Waals surface area contributed by atoms with E-state index < -0.39 is 24.3 Å². The van der Waals surface area contributed by atoms with Crippen LogP contribution in [-0.2, 0) is 13.7 Å². The molecule has 0 aliphatic carbocycles. The van der Waals surface area contributed by atoms with Crippen molar-refractivity contribution in [3.05, 3.63) is 49.9 Å². The third-order valence-electron chi connectivity index (χ3n) is 3.74. The minimum Gasteiger partial charge on any atom is -0.487 e. The van der Waals surface area contributed by atoms with Crippen LogP contribution in [0.4, 0.5) is 13.2 Å². The van der Waals surface area contributed by atoms with E-state index in [4.69, 9.17) is 33.0 Å². The maximum absolute atomic E-state index is 14.5. The number of alkyl halides is 2. The number of hydrogen-bond donors (Lipinski definition) is 1. The molecule has 0 atom stereocenters. The van der Waals surface area contributed by atoms with Gasteiger partial charge < -0.3 is 14.6 Å². The van der Waals surface area contributed by atoms with E-state index in [1.807, 2.05) is 0 Å². The van der Waals surface area contributed by atoms with Crippen molar-refractivity contribution in [1.82, 2.24) is 9.78 Å². The molecule has 0 saturated carbocycles. The fraction of sp³-hybridized carbons (Fsp3) is 0.176. The van der Waals surface area contributed by atoms with Crippen LogP contribution < -0.4 is 9.47 Å². The highest BCUT2D eigenvalue weighted by Gasteiger charge is 2.24. The number of aromatic carboxylic acids is 1. The maximum atomic E-state index is 14.5. The van der Waals surface area contributed by atoms with Crippen LogP contribution >= 0.6 is 34.5 Å². The zero-order chi connectivity index (χ0) is 21.3. The summed E-state index contributed by atoms with van der Waals surface area (Å²) in [6, 6.07) is 3.73. The van der Waals surface area contributed by atoms with Crippen LogP contribution in [-0.4, -0.2) is 27.5 Å². The number of hydrogen-bond acceptors (Lipinski definition) is 5. The lowest BCUT2D eigenvalue weighted by atomic mass is 10.1. The molecule has 0 aliphatic rings. The number of benzene rings is 1. The second-order valence-corrected chi connectivity index (χ2v) is 7.30. The molecule has 0 amide bonds. The summed E-state index contributed by atoms with van der Waals surface area (Å²) in [5.74, 6) is -2.31. The molecule has 2 aromatic heterocycles. The van der Waals surface area contributed by atoms with Crippen LogP contribution in [0.25, 0.3) is 11.3 Å². The van der Waals surface area contributed by atoms with Gasteiger partial charge in [0.15, 0.2) is 0 Å². The molecule has 29 heavy (non-hydrogen) atoms. The van der Waals surface area contributed by atoms with Crippen molar-refractivity contribution in [1.29, 1.82) is 0 Å². The SMILES string of the molecule is Cn1nc(-c2cc(OCc3ccsc3C(=O)O)c(Cl)cc2F)c(Cl)c1OC(F)F. The molecule has 0 aliphatic heterocycles. The molecule has 0 unspecified atom stereocenters. The van der Waals surface area contributed by atoms with E-state index in [1.54, 1.807) is 11.4 Å². The smallest absolute Gasteiger partial charge is 0.388 e. The van der Waals surface area contributed by atoms with Gasteiger partial charge in [-0.2, -0.15) is 13.9 Å². The Morgan fingerprint density at radius 3 is 2.76 bits per heavy atom. The summed E-state index contributed by atoms with van der Waals surface area (Å²) >= 11 is 13.1. The highest BCUT2D eigenvalue weighted by molar-refractivity contribution is 7.12. The molecule has 1 aromatic carbocycles. The number of halogens is 5. The fourth-order valence-electron chi connectivity index (χ4n) is 2.48. The van der Waals surface area contributed by atoms with Gasteiger partial charge in [-0.3, -0.25) is 0 Å². The Balaban J connectivity index is 1.94. The molecule has 3 rings (SSSR count). The quantitative estimate of drug-likeness (QED) is 0.499. The van der Waals surface area contributed by atoms with Gasteiger partial charge in [0.2, 0.25) is 5.88 Å². The molecule has 1 N–H and O–H groups in total. The average Bonchev–Trinajstić information content (AvgIpc) is 3.21. The van der Waals surface area contributed by atoms with Crippen LogP contribution in [0.1, 0.15) is 15.2 Å². The molecule has 0 fully saturated rings.